The van der Waals surface area contributed by atoms with Crippen molar-refractivity contribution >= 4 is 15.9 Å². The second kappa shape index (κ2) is 5.57. The Bertz CT molecular complexity index is 517. The number of aryl methyl sites for hydroxylation is 1. The SMILES string of the molecule is Cc1ccc(OCc2cn(C(C)C)c(Br)n2)cc1. The summed E-state index contributed by atoms with van der Waals surface area (Å²) in [5, 5.41) is 0. The molecule has 1 heterocycles. The molecule has 0 saturated heterocycles. The van der Waals surface area contributed by atoms with Gasteiger partial charge >= 0.3 is 0 Å². The molecule has 0 aliphatic rings. The first-order valence-electron chi connectivity index (χ1n) is 5.99. The first-order valence-corrected chi connectivity index (χ1v) is 6.78. The van der Waals surface area contributed by atoms with Crippen molar-refractivity contribution < 1.29 is 4.74 Å². The lowest BCUT2D eigenvalue weighted by Gasteiger charge is -2.06. The van der Waals surface area contributed by atoms with E-state index in [1.54, 1.807) is 0 Å². The van der Waals surface area contributed by atoms with Crippen LogP contribution in [0.4, 0.5) is 0 Å². The van der Waals surface area contributed by atoms with Gasteiger partial charge in [0.15, 0.2) is 4.73 Å². The van der Waals surface area contributed by atoms with Gasteiger partial charge in [-0.05, 0) is 48.8 Å². The number of hydrogen-bond donors (Lipinski definition) is 0. The van der Waals surface area contributed by atoms with E-state index < -0.39 is 0 Å². The molecule has 0 atom stereocenters. The molecule has 0 N–H and O–H groups in total. The summed E-state index contributed by atoms with van der Waals surface area (Å²) in [7, 11) is 0. The number of hydrogen-bond acceptors (Lipinski definition) is 2. The van der Waals surface area contributed by atoms with Crippen molar-refractivity contribution in [3.05, 3.63) is 46.5 Å². The van der Waals surface area contributed by atoms with E-state index in [2.05, 4.69) is 46.3 Å². The predicted molar refractivity (Wildman–Crippen MR) is 75.8 cm³/mol. The van der Waals surface area contributed by atoms with Gasteiger partial charge in [-0.1, -0.05) is 17.7 Å². The van der Waals surface area contributed by atoms with E-state index in [0.717, 1.165) is 16.2 Å². The van der Waals surface area contributed by atoms with Crippen LogP contribution in [0, 0.1) is 6.92 Å². The monoisotopic (exact) mass is 308 g/mol. The molecular formula is C14H17BrN2O. The molecule has 0 aliphatic carbocycles. The zero-order chi connectivity index (χ0) is 13.1. The minimum absolute atomic E-state index is 0.389. The average Bonchev–Trinajstić information content (AvgIpc) is 2.70. The number of rotatable bonds is 4. The van der Waals surface area contributed by atoms with E-state index in [4.69, 9.17) is 4.74 Å². The van der Waals surface area contributed by atoms with E-state index in [-0.39, 0.29) is 0 Å². The van der Waals surface area contributed by atoms with Crippen LogP contribution in [0.25, 0.3) is 0 Å². The Labute approximate surface area is 116 Å². The molecule has 1 aromatic heterocycles. The van der Waals surface area contributed by atoms with Crippen LogP contribution in [-0.2, 0) is 6.61 Å². The molecule has 0 radical (unpaired) electrons. The predicted octanol–water partition coefficient (Wildman–Crippen LogP) is 4.11. The van der Waals surface area contributed by atoms with Gasteiger partial charge in [-0.25, -0.2) is 4.98 Å². The van der Waals surface area contributed by atoms with Crippen molar-refractivity contribution in [1.82, 2.24) is 9.55 Å². The van der Waals surface area contributed by atoms with Gasteiger partial charge in [-0.15, -0.1) is 0 Å². The van der Waals surface area contributed by atoms with Gasteiger partial charge in [0.1, 0.15) is 12.4 Å². The average molecular weight is 309 g/mol. The maximum atomic E-state index is 5.70. The normalized spacial score (nSPS) is 10.9. The second-order valence-electron chi connectivity index (χ2n) is 4.60. The lowest BCUT2D eigenvalue weighted by molar-refractivity contribution is 0.301. The maximum Gasteiger partial charge on any atom is 0.177 e. The zero-order valence-electron chi connectivity index (χ0n) is 10.9. The molecule has 2 rings (SSSR count). The number of aromatic nitrogens is 2. The van der Waals surface area contributed by atoms with Crippen LogP contribution in [0.15, 0.2) is 35.2 Å². The topological polar surface area (TPSA) is 27.1 Å². The van der Waals surface area contributed by atoms with Gasteiger partial charge in [0.2, 0.25) is 0 Å². The summed E-state index contributed by atoms with van der Waals surface area (Å²) in [6, 6.07) is 8.42. The number of nitrogens with zero attached hydrogens (tertiary/aromatic N) is 2. The molecule has 0 unspecified atom stereocenters. The van der Waals surface area contributed by atoms with Gasteiger partial charge in [0.05, 0.1) is 5.69 Å². The molecule has 3 nitrogen and oxygen atoms in total. The number of halogens is 1. The fraction of sp³-hybridized carbons (Fsp3) is 0.357. The second-order valence-corrected chi connectivity index (χ2v) is 5.31. The smallest absolute Gasteiger partial charge is 0.177 e. The van der Waals surface area contributed by atoms with Crippen molar-refractivity contribution in [2.75, 3.05) is 0 Å². The van der Waals surface area contributed by atoms with Crippen molar-refractivity contribution in [3.63, 3.8) is 0 Å². The summed E-state index contributed by atoms with van der Waals surface area (Å²) in [5.41, 5.74) is 2.16. The Balaban J connectivity index is 2.02. The molecule has 2 aromatic rings. The fourth-order valence-corrected chi connectivity index (χ4v) is 2.38. The van der Waals surface area contributed by atoms with E-state index >= 15 is 0 Å². The summed E-state index contributed by atoms with van der Waals surface area (Å²) in [4.78, 5) is 4.42. The zero-order valence-corrected chi connectivity index (χ0v) is 12.4. The highest BCUT2D eigenvalue weighted by molar-refractivity contribution is 9.10. The van der Waals surface area contributed by atoms with E-state index in [1.807, 2.05) is 30.5 Å². The van der Waals surface area contributed by atoms with Crippen LogP contribution >= 0.6 is 15.9 Å². The highest BCUT2D eigenvalue weighted by Gasteiger charge is 2.08. The van der Waals surface area contributed by atoms with Crippen molar-refractivity contribution in [1.29, 1.82) is 0 Å². The van der Waals surface area contributed by atoms with Gasteiger partial charge in [0, 0.05) is 12.2 Å². The number of imidazole rings is 1. The Morgan fingerprint density at radius 1 is 1.28 bits per heavy atom. The third-order valence-electron chi connectivity index (χ3n) is 2.70. The molecule has 1 aromatic carbocycles. The van der Waals surface area contributed by atoms with E-state index in [1.165, 1.54) is 5.56 Å². The molecule has 0 saturated carbocycles. The Morgan fingerprint density at radius 2 is 1.94 bits per heavy atom. The van der Waals surface area contributed by atoms with E-state index in [9.17, 15) is 0 Å². The number of ether oxygens (including phenoxy) is 1. The van der Waals surface area contributed by atoms with E-state index in [0.29, 0.717) is 12.6 Å². The molecule has 18 heavy (non-hydrogen) atoms. The lowest BCUT2D eigenvalue weighted by Crippen LogP contribution is -1.99. The van der Waals surface area contributed by atoms with Crippen LogP contribution in [-0.4, -0.2) is 9.55 Å². The molecule has 0 spiro atoms. The van der Waals surface area contributed by atoms with Gasteiger partial charge in [-0.2, -0.15) is 0 Å². The summed E-state index contributed by atoms with van der Waals surface area (Å²) in [6.07, 6.45) is 2.02. The Kier molecular flexibility index (Phi) is 4.07. The summed E-state index contributed by atoms with van der Waals surface area (Å²) < 4.78 is 8.62. The third kappa shape index (κ3) is 3.13. The molecule has 0 amide bonds. The first kappa shape index (κ1) is 13.1. The first-order chi connectivity index (χ1) is 8.56. The van der Waals surface area contributed by atoms with Crippen LogP contribution in [0.2, 0.25) is 0 Å². The lowest BCUT2D eigenvalue weighted by atomic mass is 10.2. The minimum atomic E-state index is 0.389. The standard InChI is InChI=1S/C14H17BrN2O/c1-10(2)17-8-12(16-14(17)15)9-18-13-6-4-11(3)5-7-13/h4-8,10H,9H2,1-3H3. The third-order valence-corrected chi connectivity index (χ3v) is 3.29. The highest BCUT2D eigenvalue weighted by Crippen LogP contribution is 2.18. The quantitative estimate of drug-likeness (QED) is 0.849. The molecule has 0 bridgehead atoms. The Hall–Kier alpha value is -1.29. The van der Waals surface area contributed by atoms with Crippen LogP contribution in [0.3, 0.4) is 0 Å². The van der Waals surface area contributed by atoms with Crippen LogP contribution in [0.1, 0.15) is 31.1 Å². The van der Waals surface area contributed by atoms with Crippen molar-refractivity contribution in [2.45, 2.75) is 33.4 Å². The maximum absolute atomic E-state index is 5.70. The summed E-state index contributed by atoms with van der Waals surface area (Å²) >= 11 is 3.45. The minimum Gasteiger partial charge on any atom is -0.487 e. The van der Waals surface area contributed by atoms with Gasteiger partial charge < -0.3 is 9.30 Å². The highest BCUT2D eigenvalue weighted by atomic mass is 79.9. The molecular weight excluding hydrogens is 292 g/mol. The molecule has 4 heteroatoms. The molecule has 0 aliphatic heterocycles. The van der Waals surface area contributed by atoms with Gasteiger partial charge in [0.25, 0.3) is 0 Å². The van der Waals surface area contributed by atoms with Crippen molar-refractivity contribution in [3.8, 4) is 5.75 Å². The largest absolute Gasteiger partial charge is 0.487 e. The number of benzene rings is 1. The van der Waals surface area contributed by atoms with Gasteiger partial charge in [-0.3, -0.25) is 0 Å². The van der Waals surface area contributed by atoms with Crippen molar-refractivity contribution in [2.24, 2.45) is 0 Å². The fourth-order valence-electron chi connectivity index (χ4n) is 1.64. The summed E-state index contributed by atoms with van der Waals surface area (Å²) in [6.45, 7) is 6.79. The summed E-state index contributed by atoms with van der Waals surface area (Å²) in [5.74, 6) is 0.871. The van der Waals surface area contributed by atoms with Crippen LogP contribution in [0.5, 0.6) is 5.75 Å². The molecule has 0 fully saturated rings. The van der Waals surface area contributed by atoms with Crippen LogP contribution < -0.4 is 4.74 Å². The Morgan fingerprint density at radius 3 is 2.50 bits per heavy atom. The molecule has 96 valence electrons.